The SMILES string of the molecule is Cc1csc([C@@]2(O)C(=O)N(Cc3ccccc3)C[C@@H]2C(=O)O)n1. The summed E-state index contributed by atoms with van der Waals surface area (Å²) in [7, 11) is 0. The van der Waals surface area contributed by atoms with Crippen molar-refractivity contribution in [2.75, 3.05) is 6.54 Å². The standard InChI is InChI=1S/C16H16N2O4S/c1-10-9-23-14(17-10)16(22)12(13(19)20)8-18(15(16)21)7-11-5-3-2-4-6-11/h2-6,9,12,22H,7-8H2,1H3,(H,19,20)/t12-,16-/m1/s1. The number of benzene rings is 1. The van der Waals surface area contributed by atoms with Crippen molar-refractivity contribution in [1.82, 2.24) is 9.88 Å². The van der Waals surface area contributed by atoms with E-state index in [1.165, 1.54) is 4.90 Å². The van der Waals surface area contributed by atoms with Gasteiger partial charge in [0.15, 0.2) is 0 Å². The molecule has 0 spiro atoms. The summed E-state index contributed by atoms with van der Waals surface area (Å²) in [6.07, 6.45) is 0. The molecule has 7 heteroatoms. The van der Waals surface area contributed by atoms with Crippen LogP contribution >= 0.6 is 11.3 Å². The number of aliphatic carboxylic acids is 1. The van der Waals surface area contributed by atoms with Crippen molar-refractivity contribution in [2.45, 2.75) is 19.1 Å². The van der Waals surface area contributed by atoms with E-state index in [-0.39, 0.29) is 18.1 Å². The summed E-state index contributed by atoms with van der Waals surface area (Å²) in [5.41, 5.74) is -0.569. The van der Waals surface area contributed by atoms with Crippen LogP contribution in [-0.2, 0) is 21.7 Å². The zero-order valence-electron chi connectivity index (χ0n) is 12.5. The van der Waals surface area contributed by atoms with Gasteiger partial charge in [-0.3, -0.25) is 9.59 Å². The van der Waals surface area contributed by atoms with Gasteiger partial charge >= 0.3 is 5.97 Å². The van der Waals surface area contributed by atoms with Gasteiger partial charge in [0.1, 0.15) is 10.9 Å². The molecule has 2 N–H and O–H groups in total. The molecule has 2 aromatic rings. The Morgan fingerprint density at radius 3 is 2.70 bits per heavy atom. The Bertz CT molecular complexity index is 746. The number of hydrogen-bond donors (Lipinski definition) is 2. The number of hydrogen-bond acceptors (Lipinski definition) is 5. The summed E-state index contributed by atoms with van der Waals surface area (Å²) in [6, 6.07) is 9.27. The van der Waals surface area contributed by atoms with E-state index in [1.807, 2.05) is 30.3 Å². The van der Waals surface area contributed by atoms with Gasteiger partial charge in [-0.05, 0) is 12.5 Å². The zero-order chi connectivity index (χ0) is 16.6. The van der Waals surface area contributed by atoms with Crippen LogP contribution in [0.25, 0.3) is 0 Å². The van der Waals surface area contributed by atoms with Crippen molar-refractivity contribution in [3.05, 3.63) is 52.0 Å². The van der Waals surface area contributed by atoms with Gasteiger partial charge in [0.25, 0.3) is 5.91 Å². The number of rotatable bonds is 4. The Balaban J connectivity index is 1.95. The first-order valence-electron chi connectivity index (χ1n) is 7.14. The minimum atomic E-state index is -2.10. The molecule has 1 amide bonds. The number of aromatic nitrogens is 1. The molecule has 0 aliphatic carbocycles. The van der Waals surface area contributed by atoms with Gasteiger partial charge in [-0.2, -0.15) is 0 Å². The maximum absolute atomic E-state index is 12.7. The molecular weight excluding hydrogens is 316 g/mol. The highest BCUT2D eigenvalue weighted by Gasteiger charge is 2.59. The van der Waals surface area contributed by atoms with Crippen LogP contribution in [0.4, 0.5) is 0 Å². The van der Waals surface area contributed by atoms with E-state index in [9.17, 15) is 19.8 Å². The molecule has 0 unspecified atom stereocenters. The molecule has 2 heterocycles. The fraction of sp³-hybridized carbons (Fsp3) is 0.312. The Morgan fingerprint density at radius 1 is 1.43 bits per heavy atom. The minimum Gasteiger partial charge on any atom is -0.481 e. The summed E-state index contributed by atoms with van der Waals surface area (Å²) in [5.74, 6) is -3.04. The summed E-state index contributed by atoms with van der Waals surface area (Å²) < 4.78 is 0. The molecule has 1 aromatic heterocycles. The maximum Gasteiger partial charge on any atom is 0.312 e. The Hall–Kier alpha value is -2.25. The number of likely N-dealkylation sites (tertiary alicyclic amines) is 1. The Labute approximate surface area is 137 Å². The lowest BCUT2D eigenvalue weighted by molar-refractivity contribution is -0.157. The number of amides is 1. The number of carboxylic acids is 1. The van der Waals surface area contributed by atoms with Crippen LogP contribution in [-0.4, -0.2) is 38.5 Å². The molecule has 23 heavy (non-hydrogen) atoms. The average Bonchev–Trinajstić information content (AvgIpc) is 3.06. The molecule has 3 rings (SSSR count). The maximum atomic E-state index is 12.7. The van der Waals surface area contributed by atoms with E-state index in [0.717, 1.165) is 16.9 Å². The molecule has 2 atom stereocenters. The number of thiazole rings is 1. The predicted octanol–water partition coefficient (Wildman–Crippen LogP) is 1.38. The molecular formula is C16H16N2O4S. The minimum absolute atomic E-state index is 0.0435. The number of carbonyl (C=O) groups excluding carboxylic acids is 1. The molecule has 1 aliphatic heterocycles. The van der Waals surface area contributed by atoms with Gasteiger partial charge in [-0.1, -0.05) is 30.3 Å². The smallest absolute Gasteiger partial charge is 0.312 e. The molecule has 0 radical (unpaired) electrons. The molecule has 6 nitrogen and oxygen atoms in total. The number of carboxylic acid groups (broad SMARTS) is 1. The average molecular weight is 332 g/mol. The number of aryl methyl sites for hydroxylation is 1. The molecule has 1 saturated heterocycles. The Morgan fingerprint density at radius 2 is 2.13 bits per heavy atom. The fourth-order valence-electron chi connectivity index (χ4n) is 2.79. The highest BCUT2D eigenvalue weighted by molar-refractivity contribution is 7.10. The zero-order valence-corrected chi connectivity index (χ0v) is 13.3. The van der Waals surface area contributed by atoms with E-state index in [2.05, 4.69) is 4.98 Å². The fourth-order valence-corrected chi connectivity index (χ4v) is 3.73. The first-order chi connectivity index (χ1) is 10.9. The predicted molar refractivity (Wildman–Crippen MR) is 83.7 cm³/mol. The molecule has 1 aliphatic rings. The second kappa shape index (κ2) is 5.75. The number of aliphatic hydroxyl groups is 1. The lowest BCUT2D eigenvalue weighted by atomic mass is 9.91. The van der Waals surface area contributed by atoms with Gasteiger partial charge < -0.3 is 15.1 Å². The van der Waals surface area contributed by atoms with Crippen molar-refractivity contribution in [3.63, 3.8) is 0 Å². The number of nitrogens with zero attached hydrogens (tertiary/aromatic N) is 2. The van der Waals surface area contributed by atoms with E-state index in [1.54, 1.807) is 12.3 Å². The molecule has 0 bridgehead atoms. The van der Waals surface area contributed by atoms with Crippen LogP contribution in [0.1, 0.15) is 16.3 Å². The summed E-state index contributed by atoms with van der Waals surface area (Å²) in [5, 5.41) is 22.2. The quantitative estimate of drug-likeness (QED) is 0.883. The second-order valence-corrected chi connectivity index (χ2v) is 6.48. The van der Waals surface area contributed by atoms with Crippen LogP contribution < -0.4 is 0 Å². The van der Waals surface area contributed by atoms with E-state index >= 15 is 0 Å². The largest absolute Gasteiger partial charge is 0.481 e. The van der Waals surface area contributed by atoms with E-state index in [0.29, 0.717) is 5.69 Å². The van der Waals surface area contributed by atoms with Crippen LogP contribution in [0.2, 0.25) is 0 Å². The third-order valence-corrected chi connectivity index (χ3v) is 5.06. The topological polar surface area (TPSA) is 90.7 Å². The summed E-state index contributed by atoms with van der Waals surface area (Å²) in [4.78, 5) is 29.8. The lowest BCUT2D eigenvalue weighted by Gasteiger charge is -2.22. The van der Waals surface area contributed by atoms with Gasteiger partial charge in [-0.25, -0.2) is 4.98 Å². The number of carbonyl (C=O) groups is 2. The van der Waals surface area contributed by atoms with Crippen LogP contribution in [0.5, 0.6) is 0 Å². The molecule has 120 valence electrons. The third kappa shape index (κ3) is 2.62. The lowest BCUT2D eigenvalue weighted by Crippen LogP contribution is -2.43. The molecule has 0 saturated carbocycles. The molecule has 1 fully saturated rings. The molecule has 1 aromatic carbocycles. The van der Waals surface area contributed by atoms with Gasteiger partial charge in [-0.15, -0.1) is 11.3 Å². The highest BCUT2D eigenvalue weighted by Crippen LogP contribution is 2.40. The van der Waals surface area contributed by atoms with Crippen LogP contribution in [0, 0.1) is 12.8 Å². The normalized spacial score (nSPS) is 24.2. The van der Waals surface area contributed by atoms with Crippen molar-refractivity contribution < 1.29 is 19.8 Å². The third-order valence-electron chi connectivity index (χ3n) is 3.98. The Kier molecular flexibility index (Phi) is 3.91. The van der Waals surface area contributed by atoms with Crippen molar-refractivity contribution in [1.29, 1.82) is 0 Å². The first kappa shape index (κ1) is 15.6. The van der Waals surface area contributed by atoms with Gasteiger partial charge in [0, 0.05) is 24.2 Å². The highest BCUT2D eigenvalue weighted by atomic mass is 32.1. The summed E-state index contributed by atoms with van der Waals surface area (Å²) >= 11 is 1.11. The summed E-state index contributed by atoms with van der Waals surface area (Å²) in [6.45, 7) is 1.95. The van der Waals surface area contributed by atoms with E-state index in [4.69, 9.17) is 0 Å². The van der Waals surface area contributed by atoms with Crippen LogP contribution in [0.15, 0.2) is 35.7 Å². The second-order valence-electron chi connectivity index (χ2n) is 5.62. The van der Waals surface area contributed by atoms with Crippen LogP contribution in [0.3, 0.4) is 0 Å². The van der Waals surface area contributed by atoms with Gasteiger partial charge in [0.2, 0.25) is 5.60 Å². The van der Waals surface area contributed by atoms with Crippen molar-refractivity contribution in [3.8, 4) is 0 Å². The van der Waals surface area contributed by atoms with Gasteiger partial charge in [0.05, 0.1) is 0 Å². The first-order valence-corrected chi connectivity index (χ1v) is 8.02. The van der Waals surface area contributed by atoms with E-state index < -0.39 is 23.4 Å². The monoisotopic (exact) mass is 332 g/mol. The van der Waals surface area contributed by atoms with Crippen molar-refractivity contribution >= 4 is 23.2 Å². The van der Waals surface area contributed by atoms with Crippen molar-refractivity contribution in [2.24, 2.45) is 5.92 Å².